The molecule has 3 atom stereocenters. The summed E-state index contributed by atoms with van der Waals surface area (Å²) in [7, 11) is 1.41. The van der Waals surface area contributed by atoms with E-state index in [4.69, 9.17) is 4.74 Å². The van der Waals surface area contributed by atoms with Crippen molar-refractivity contribution in [3.8, 4) is 0 Å². The first-order valence-corrected chi connectivity index (χ1v) is 8.86. The lowest BCUT2D eigenvalue weighted by molar-refractivity contribution is 0.0601. The predicted molar refractivity (Wildman–Crippen MR) is 92.8 cm³/mol. The summed E-state index contributed by atoms with van der Waals surface area (Å²) in [5, 5.41) is 3.57. The summed E-state index contributed by atoms with van der Waals surface area (Å²) in [5.41, 5.74) is 1.39. The number of benzene rings is 1. The summed E-state index contributed by atoms with van der Waals surface area (Å²) >= 11 is 6.98. The third kappa shape index (κ3) is 3.81. The van der Waals surface area contributed by atoms with Crippen molar-refractivity contribution in [2.45, 2.75) is 39.2 Å². The van der Waals surface area contributed by atoms with Gasteiger partial charge in [0.05, 0.1) is 18.4 Å². The van der Waals surface area contributed by atoms with E-state index in [-0.39, 0.29) is 5.97 Å². The van der Waals surface area contributed by atoms with Gasteiger partial charge >= 0.3 is 5.97 Å². The van der Waals surface area contributed by atoms with Gasteiger partial charge in [0.1, 0.15) is 0 Å². The maximum absolute atomic E-state index is 12.0. The minimum Gasteiger partial charge on any atom is -0.465 e. The van der Waals surface area contributed by atoms with Crippen molar-refractivity contribution in [2.24, 2.45) is 11.8 Å². The lowest BCUT2D eigenvalue weighted by Gasteiger charge is -2.35. The molecule has 2 rings (SSSR count). The Labute approximate surface area is 143 Å². The van der Waals surface area contributed by atoms with Gasteiger partial charge in [-0.15, -0.1) is 0 Å². The third-order valence-corrected chi connectivity index (χ3v) is 5.58. The maximum Gasteiger partial charge on any atom is 0.340 e. The van der Waals surface area contributed by atoms with Gasteiger partial charge in [0.2, 0.25) is 0 Å². The highest BCUT2D eigenvalue weighted by Gasteiger charge is 2.28. The Balaban J connectivity index is 2.32. The highest BCUT2D eigenvalue weighted by Crippen LogP contribution is 2.36. The van der Waals surface area contributed by atoms with Crippen LogP contribution in [0.2, 0.25) is 0 Å². The first kappa shape index (κ1) is 16.8. The number of halogens is 2. The quantitative estimate of drug-likeness (QED) is 0.682. The smallest absolute Gasteiger partial charge is 0.340 e. The van der Waals surface area contributed by atoms with E-state index in [9.17, 15) is 4.79 Å². The van der Waals surface area contributed by atoms with E-state index in [1.54, 1.807) is 6.07 Å². The van der Waals surface area contributed by atoms with Gasteiger partial charge in [0, 0.05) is 15.0 Å². The summed E-state index contributed by atoms with van der Waals surface area (Å²) in [4.78, 5) is 12.0. The molecule has 0 aliphatic heterocycles. The van der Waals surface area contributed by atoms with Gasteiger partial charge in [0.25, 0.3) is 0 Å². The van der Waals surface area contributed by atoms with Crippen molar-refractivity contribution in [1.82, 2.24) is 0 Å². The average molecular weight is 419 g/mol. The Morgan fingerprint density at radius 3 is 2.67 bits per heavy atom. The minimum atomic E-state index is -0.323. The molecule has 0 bridgehead atoms. The molecule has 1 aliphatic carbocycles. The van der Waals surface area contributed by atoms with Crippen LogP contribution >= 0.6 is 31.9 Å². The third-order valence-electron chi connectivity index (χ3n) is 4.50. The molecular formula is C16H21Br2NO2. The van der Waals surface area contributed by atoms with E-state index in [0.717, 1.165) is 21.1 Å². The van der Waals surface area contributed by atoms with Crippen LogP contribution in [0.15, 0.2) is 21.1 Å². The minimum absolute atomic E-state index is 0.323. The monoisotopic (exact) mass is 417 g/mol. The molecule has 0 amide bonds. The zero-order chi connectivity index (χ0) is 15.6. The van der Waals surface area contributed by atoms with Gasteiger partial charge in [-0.25, -0.2) is 4.79 Å². The number of rotatable bonds is 3. The Morgan fingerprint density at radius 1 is 1.29 bits per heavy atom. The largest absolute Gasteiger partial charge is 0.465 e. The van der Waals surface area contributed by atoms with Crippen LogP contribution in [0.3, 0.4) is 0 Å². The Morgan fingerprint density at radius 2 is 2.00 bits per heavy atom. The Bertz CT molecular complexity index is 533. The number of esters is 1. The second-order valence-corrected chi connectivity index (χ2v) is 7.59. The molecule has 1 saturated carbocycles. The standard InChI is InChI=1S/C16H21Br2NO2/c1-9-5-4-6-14(10(9)2)19-15-12(16(20)21-3)7-11(17)8-13(15)18/h7-10,14,19H,4-6H2,1-3H3. The van der Waals surface area contributed by atoms with Crippen molar-refractivity contribution in [1.29, 1.82) is 0 Å². The predicted octanol–water partition coefficient (Wildman–Crippen LogP) is 5.23. The van der Waals surface area contributed by atoms with Crippen molar-refractivity contribution in [3.63, 3.8) is 0 Å². The maximum atomic E-state index is 12.0. The van der Waals surface area contributed by atoms with Gasteiger partial charge in [-0.1, -0.05) is 42.6 Å². The summed E-state index contributed by atoms with van der Waals surface area (Å²) in [6.07, 6.45) is 3.64. The molecule has 1 aromatic carbocycles. The zero-order valence-electron chi connectivity index (χ0n) is 12.6. The number of methoxy groups -OCH3 is 1. The van der Waals surface area contributed by atoms with Crippen LogP contribution in [-0.4, -0.2) is 19.1 Å². The first-order chi connectivity index (χ1) is 9.93. The van der Waals surface area contributed by atoms with Crippen molar-refractivity contribution in [3.05, 3.63) is 26.6 Å². The van der Waals surface area contributed by atoms with E-state index >= 15 is 0 Å². The van der Waals surface area contributed by atoms with Gasteiger partial charge < -0.3 is 10.1 Å². The van der Waals surface area contributed by atoms with Crippen LogP contribution in [0.1, 0.15) is 43.5 Å². The van der Waals surface area contributed by atoms with Crippen LogP contribution in [0.25, 0.3) is 0 Å². The number of carbonyl (C=O) groups excluding carboxylic acids is 1. The van der Waals surface area contributed by atoms with E-state index in [1.807, 2.05) is 6.07 Å². The van der Waals surface area contributed by atoms with Gasteiger partial charge in [-0.2, -0.15) is 0 Å². The van der Waals surface area contributed by atoms with E-state index in [0.29, 0.717) is 23.4 Å². The summed E-state index contributed by atoms with van der Waals surface area (Å²) in [5.74, 6) is 0.961. The number of anilines is 1. The fraction of sp³-hybridized carbons (Fsp3) is 0.562. The van der Waals surface area contributed by atoms with Crippen LogP contribution in [0.5, 0.6) is 0 Å². The Kier molecular flexibility index (Phi) is 5.72. The number of hydrogen-bond donors (Lipinski definition) is 1. The molecule has 3 unspecified atom stereocenters. The molecule has 0 saturated heterocycles. The number of nitrogens with one attached hydrogen (secondary N) is 1. The number of ether oxygens (including phenoxy) is 1. The van der Waals surface area contributed by atoms with Crippen LogP contribution in [0, 0.1) is 11.8 Å². The topological polar surface area (TPSA) is 38.3 Å². The fourth-order valence-electron chi connectivity index (χ4n) is 2.96. The van der Waals surface area contributed by atoms with E-state index in [2.05, 4.69) is 51.0 Å². The molecule has 1 aliphatic rings. The summed E-state index contributed by atoms with van der Waals surface area (Å²) in [6.45, 7) is 4.59. The average Bonchev–Trinajstić information content (AvgIpc) is 2.45. The molecule has 0 radical (unpaired) electrons. The summed E-state index contributed by atoms with van der Waals surface area (Å²) in [6, 6.07) is 4.14. The van der Waals surface area contributed by atoms with Crippen molar-refractivity contribution in [2.75, 3.05) is 12.4 Å². The second kappa shape index (κ2) is 7.14. The number of carbonyl (C=O) groups is 1. The molecule has 3 nitrogen and oxygen atoms in total. The van der Waals surface area contributed by atoms with Crippen LogP contribution in [0.4, 0.5) is 5.69 Å². The van der Waals surface area contributed by atoms with Gasteiger partial charge in [0.15, 0.2) is 0 Å². The van der Waals surface area contributed by atoms with Gasteiger partial charge in [-0.3, -0.25) is 0 Å². The second-order valence-electron chi connectivity index (χ2n) is 5.82. The summed E-state index contributed by atoms with van der Waals surface area (Å²) < 4.78 is 6.63. The molecule has 1 fully saturated rings. The fourth-order valence-corrected chi connectivity index (χ4v) is 4.30. The molecule has 21 heavy (non-hydrogen) atoms. The SMILES string of the molecule is COC(=O)c1cc(Br)cc(Br)c1NC1CCCC(C)C1C. The molecule has 116 valence electrons. The van der Waals surface area contributed by atoms with Crippen LogP contribution in [-0.2, 0) is 4.74 Å². The highest BCUT2D eigenvalue weighted by atomic mass is 79.9. The highest BCUT2D eigenvalue weighted by molar-refractivity contribution is 9.11. The van der Waals surface area contributed by atoms with E-state index < -0.39 is 0 Å². The van der Waals surface area contributed by atoms with Gasteiger partial charge in [-0.05, 0) is 46.3 Å². The molecular weight excluding hydrogens is 398 g/mol. The molecule has 0 spiro atoms. The first-order valence-electron chi connectivity index (χ1n) is 7.28. The van der Waals surface area contributed by atoms with E-state index in [1.165, 1.54) is 20.0 Å². The van der Waals surface area contributed by atoms with Crippen molar-refractivity contribution >= 4 is 43.5 Å². The zero-order valence-corrected chi connectivity index (χ0v) is 15.8. The number of hydrogen-bond acceptors (Lipinski definition) is 3. The van der Waals surface area contributed by atoms with Crippen molar-refractivity contribution < 1.29 is 9.53 Å². The molecule has 1 N–H and O–H groups in total. The van der Waals surface area contributed by atoms with Crippen LogP contribution < -0.4 is 5.32 Å². The Hall–Kier alpha value is -0.550. The lowest BCUT2D eigenvalue weighted by atomic mass is 9.78. The lowest BCUT2D eigenvalue weighted by Crippen LogP contribution is -2.35. The normalized spacial score (nSPS) is 25.5. The molecule has 0 aromatic heterocycles. The molecule has 1 aromatic rings. The molecule has 0 heterocycles. The molecule has 5 heteroatoms.